The van der Waals surface area contributed by atoms with Gasteiger partial charge in [0.15, 0.2) is 11.9 Å². The Bertz CT molecular complexity index is 1150. The van der Waals surface area contributed by atoms with E-state index in [1.807, 2.05) is 97.1 Å². The first-order valence-electron chi connectivity index (χ1n) is 9.97. The lowest BCUT2D eigenvalue weighted by molar-refractivity contribution is -0.614. The highest BCUT2D eigenvalue weighted by Crippen LogP contribution is 2.06. The van der Waals surface area contributed by atoms with Crippen LogP contribution in [0.5, 0.6) is 0 Å². The van der Waals surface area contributed by atoms with Gasteiger partial charge >= 0.3 is 0 Å². The average Bonchev–Trinajstić information content (AvgIpc) is 2.81. The second-order valence-corrected chi connectivity index (χ2v) is 6.83. The molecule has 0 aliphatic carbocycles. The van der Waals surface area contributed by atoms with Crippen molar-refractivity contribution < 1.29 is 9.46 Å². The minimum absolute atomic E-state index is 0.640. The minimum atomic E-state index is 0.640. The first kappa shape index (κ1) is 21.5. The smallest absolute Gasteiger partial charge is 0.216 e. The number of rotatable bonds is 4. The Balaban J connectivity index is 0.000000176. The number of nitrogens with zero attached hydrogens (tertiary/aromatic N) is 2. The molecular weight excluding hydrogens is 384 g/mol. The van der Waals surface area contributed by atoms with Gasteiger partial charge in [-0.2, -0.15) is 9.46 Å². The van der Waals surface area contributed by atoms with E-state index in [4.69, 9.17) is 0 Å². The van der Waals surface area contributed by atoms with Crippen LogP contribution >= 0.6 is 0 Å². The van der Waals surface area contributed by atoms with Crippen molar-refractivity contribution in [3.05, 3.63) is 142 Å². The van der Waals surface area contributed by atoms with Crippen molar-refractivity contribution in [3.8, 4) is 0 Å². The largest absolute Gasteiger partial charge is 0.618 e. The molecule has 0 fully saturated rings. The lowest BCUT2D eigenvalue weighted by atomic mass is 10.2. The second kappa shape index (κ2) is 11.1. The van der Waals surface area contributed by atoms with Gasteiger partial charge in [-0.25, -0.2) is 0 Å². The van der Waals surface area contributed by atoms with Gasteiger partial charge in [0.05, 0.1) is 0 Å². The van der Waals surface area contributed by atoms with Crippen LogP contribution in [0.25, 0.3) is 24.3 Å². The van der Waals surface area contributed by atoms with Crippen molar-refractivity contribution in [3.63, 3.8) is 0 Å². The third kappa shape index (κ3) is 6.68. The van der Waals surface area contributed by atoms with Crippen LogP contribution in [0.15, 0.2) is 103 Å². The highest BCUT2D eigenvalue weighted by Gasteiger charge is 2.02. The van der Waals surface area contributed by atoms with Gasteiger partial charge in [0.25, 0.3) is 0 Å². The number of aromatic nitrogens is 2. The molecule has 4 aromatic rings. The third-order valence-electron chi connectivity index (χ3n) is 4.51. The van der Waals surface area contributed by atoms with Gasteiger partial charge in [0.1, 0.15) is 0 Å². The van der Waals surface area contributed by atoms with Crippen LogP contribution in [0, 0.1) is 17.3 Å². The molecule has 2 aromatic carbocycles. The number of aryl methyl sites for hydroxylation is 1. The maximum atomic E-state index is 11.7. The van der Waals surface area contributed by atoms with Gasteiger partial charge in [0.2, 0.25) is 11.4 Å². The topological polar surface area (TPSA) is 53.9 Å². The molecule has 0 amide bonds. The molecule has 0 unspecified atom stereocenters. The Morgan fingerprint density at radius 3 is 1.65 bits per heavy atom. The van der Waals surface area contributed by atoms with E-state index >= 15 is 0 Å². The summed E-state index contributed by atoms with van der Waals surface area (Å²) in [6.45, 7) is 1.80. The minimum Gasteiger partial charge on any atom is -0.618 e. The number of hydrogen-bond acceptors (Lipinski definition) is 2. The molecule has 4 nitrogen and oxygen atoms in total. The van der Waals surface area contributed by atoms with Crippen molar-refractivity contribution >= 4 is 24.3 Å². The van der Waals surface area contributed by atoms with Gasteiger partial charge < -0.3 is 10.4 Å². The molecule has 0 bridgehead atoms. The molecular formula is C27H24N2O2. The fourth-order valence-corrected chi connectivity index (χ4v) is 2.81. The lowest BCUT2D eigenvalue weighted by Gasteiger charge is -2.02. The molecule has 2 aromatic heterocycles. The highest BCUT2D eigenvalue weighted by atomic mass is 16.5. The number of benzene rings is 2. The summed E-state index contributed by atoms with van der Waals surface area (Å²) < 4.78 is 1.78. The summed E-state index contributed by atoms with van der Waals surface area (Å²) >= 11 is 0. The van der Waals surface area contributed by atoms with Crippen LogP contribution in [0.1, 0.15) is 28.2 Å². The predicted molar refractivity (Wildman–Crippen MR) is 126 cm³/mol. The van der Waals surface area contributed by atoms with Gasteiger partial charge in [-0.3, -0.25) is 0 Å². The third-order valence-corrected chi connectivity index (χ3v) is 4.51. The summed E-state index contributed by atoms with van der Waals surface area (Å²) in [7, 11) is 0. The predicted octanol–water partition coefficient (Wildman–Crippen LogP) is 5.29. The quantitative estimate of drug-likeness (QED) is 0.340. The Labute approximate surface area is 182 Å². The van der Waals surface area contributed by atoms with E-state index in [0.29, 0.717) is 17.1 Å². The molecule has 0 aliphatic heterocycles. The first-order chi connectivity index (χ1) is 15.1. The van der Waals surface area contributed by atoms with Crippen molar-refractivity contribution in [1.82, 2.24) is 0 Å². The van der Waals surface area contributed by atoms with Crippen molar-refractivity contribution in [2.24, 2.45) is 0 Å². The summed E-state index contributed by atoms with van der Waals surface area (Å²) in [5, 5.41) is 23.0. The maximum Gasteiger partial charge on any atom is 0.216 e. The van der Waals surface area contributed by atoms with E-state index in [2.05, 4.69) is 0 Å². The normalized spacial score (nSPS) is 10.7. The molecule has 0 spiro atoms. The van der Waals surface area contributed by atoms with Crippen molar-refractivity contribution in [1.29, 1.82) is 0 Å². The van der Waals surface area contributed by atoms with E-state index in [-0.39, 0.29) is 0 Å². The van der Waals surface area contributed by atoms with Crippen LogP contribution in [0.3, 0.4) is 0 Å². The molecule has 0 radical (unpaired) electrons. The fraction of sp³-hybridized carbons (Fsp3) is 0.0370. The van der Waals surface area contributed by atoms with Gasteiger partial charge in [-0.1, -0.05) is 60.7 Å². The van der Waals surface area contributed by atoms with E-state index in [0.717, 1.165) is 20.6 Å². The zero-order valence-corrected chi connectivity index (χ0v) is 17.3. The van der Waals surface area contributed by atoms with E-state index < -0.39 is 0 Å². The number of pyridine rings is 2. The maximum absolute atomic E-state index is 11.7. The molecule has 154 valence electrons. The van der Waals surface area contributed by atoms with Gasteiger partial charge in [-0.15, -0.1) is 0 Å². The zero-order chi connectivity index (χ0) is 21.9. The first-order valence-corrected chi connectivity index (χ1v) is 9.97. The lowest BCUT2D eigenvalue weighted by Crippen LogP contribution is -2.33. The SMILES string of the molecule is Cc1cccc(C=Cc2ccccc2)[n+]1[O-].[O-][n+]1ccccc1C=Cc1ccccc1. The van der Waals surface area contributed by atoms with Gasteiger partial charge in [0, 0.05) is 43.3 Å². The van der Waals surface area contributed by atoms with E-state index in [1.165, 1.54) is 6.20 Å². The fourth-order valence-electron chi connectivity index (χ4n) is 2.81. The van der Waals surface area contributed by atoms with Crippen molar-refractivity contribution in [2.45, 2.75) is 6.92 Å². The standard InChI is InChI=1S/C14H13NO.C13H11NO/c1-12-6-5-9-14(15(12)16)11-10-13-7-3-2-4-8-13;15-14-11-5-4-8-13(14)10-9-12-6-2-1-3-7-12/h2-11H,1H3;1-11H. The van der Waals surface area contributed by atoms with Crippen LogP contribution in [0.4, 0.5) is 0 Å². The molecule has 2 heterocycles. The van der Waals surface area contributed by atoms with Crippen LogP contribution in [-0.4, -0.2) is 0 Å². The van der Waals surface area contributed by atoms with Gasteiger partial charge in [-0.05, 0) is 35.4 Å². The summed E-state index contributed by atoms with van der Waals surface area (Å²) in [6, 6.07) is 30.6. The summed E-state index contributed by atoms with van der Waals surface area (Å²) in [5.41, 5.74) is 4.17. The monoisotopic (exact) mass is 408 g/mol. The Morgan fingerprint density at radius 2 is 1.06 bits per heavy atom. The molecule has 4 rings (SSSR count). The Morgan fingerprint density at radius 1 is 0.548 bits per heavy atom. The Hall–Kier alpha value is -4.18. The summed E-state index contributed by atoms with van der Waals surface area (Å²) in [6.07, 6.45) is 8.98. The van der Waals surface area contributed by atoms with E-state index in [9.17, 15) is 10.4 Å². The van der Waals surface area contributed by atoms with Crippen LogP contribution < -0.4 is 9.46 Å². The molecule has 0 N–H and O–H groups in total. The van der Waals surface area contributed by atoms with Crippen LogP contribution in [0.2, 0.25) is 0 Å². The summed E-state index contributed by atoms with van der Waals surface area (Å²) in [5.74, 6) is 0. The average molecular weight is 409 g/mol. The molecule has 31 heavy (non-hydrogen) atoms. The Kier molecular flexibility index (Phi) is 7.72. The molecule has 0 saturated carbocycles. The number of hydrogen-bond donors (Lipinski definition) is 0. The molecule has 4 heteroatoms. The second-order valence-electron chi connectivity index (χ2n) is 6.83. The molecule has 0 saturated heterocycles. The highest BCUT2D eigenvalue weighted by molar-refractivity contribution is 5.67. The zero-order valence-electron chi connectivity index (χ0n) is 17.3. The van der Waals surface area contributed by atoms with Crippen molar-refractivity contribution in [2.75, 3.05) is 0 Å². The van der Waals surface area contributed by atoms with E-state index in [1.54, 1.807) is 31.2 Å². The van der Waals surface area contributed by atoms with Crippen LogP contribution in [-0.2, 0) is 0 Å². The molecule has 0 aliphatic rings. The summed E-state index contributed by atoms with van der Waals surface area (Å²) in [4.78, 5) is 0. The molecule has 0 atom stereocenters.